The van der Waals surface area contributed by atoms with Crippen LogP contribution in [0.15, 0.2) is 22.1 Å². The van der Waals surface area contributed by atoms with Gasteiger partial charge in [0.25, 0.3) is 0 Å². The third-order valence-corrected chi connectivity index (χ3v) is 11.8. The molecule has 0 aromatic heterocycles. The summed E-state index contributed by atoms with van der Waals surface area (Å²) in [4.78, 5) is 37.4. The average Bonchev–Trinajstić information content (AvgIpc) is 3.20. The molecule has 14 nitrogen and oxygen atoms in total. The van der Waals surface area contributed by atoms with Crippen molar-refractivity contribution < 1.29 is 49.7 Å². The van der Waals surface area contributed by atoms with Crippen LogP contribution in [0.3, 0.4) is 0 Å². The monoisotopic (exact) mass is 826 g/mol. The Balaban J connectivity index is 1.52. The number of hydrogen-bond acceptors (Lipinski definition) is 12. The third kappa shape index (κ3) is 8.03. The van der Waals surface area contributed by atoms with Crippen LogP contribution < -0.4 is 0 Å². The fourth-order valence-corrected chi connectivity index (χ4v) is 8.81. The summed E-state index contributed by atoms with van der Waals surface area (Å²) in [5, 5.41) is 72.4. The van der Waals surface area contributed by atoms with Crippen LogP contribution in [0.25, 0.3) is 32.7 Å². The van der Waals surface area contributed by atoms with Crippen LogP contribution in [-0.4, -0.2) is 117 Å². The van der Waals surface area contributed by atoms with E-state index in [-0.39, 0.29) is 105 Å². The molecule has 6 N–H and O–H groups in total. The molecule has 2 saturated heterocycles. The molecule has 0 saturated carbocycles. The SMILES string of the molecule is CCOC(=O)N1CCC(N=Cc2c(O)c(O)c(C(C)C)c3cc(C)c(-c4c(C)cc5c(C(C)C)c(O)c(O)c(C=NC6CCN(C(=O)OCC)CC6)c5c4O)c(O)c23)CC1. The maximum Gasteiger partial charge on any atom is 0.409 e. The Morgan fingerprint density at radius 1 is 0.617 bits per heavy atom. The van der Waals surface area contributed by atoms with Gasteiger partial charge in [0.2, 0.25) is 0 Å². The predicted molar refractivity (Wildman–Crippen MR) is 233 cm³/mol. The van der Waals surface area contributed by atoms with Gasteiger partial charge < -0.3 is 49.9 Å². The van der Waals surface area contributed by atoms with Gasteiger partial charge in [0.05, 0.1) is 25.3 Å². The molecule has 6 rings (SSSR count). The van der Waals surface area contributed by atoms with Gasteiger partial charge in [0.1, 0.15) is 11.5 Å². The fraction of sp³-hybridized carbons (Fsp3) is 0.478. The van der Waals surface area contributed by atoms with E-state index in [1.807, 2.05) is 39.8 Å². The molecule has 2 heterocycles. The van der Waals surface area contributed by atoms with Crippen molar-refractivity contribution in [3.63, 3.8) is 0 Å². The minimum Gasteiger partial charge on any atom is -0.507 e. The number of nitrogens with zero attached hydrogens (tertiary/aromatic N) is 4. The molecular formula is C46H58N4O10. The number of phenols is 6. The Hall–Kier alpha value is -5.92. The quantitative estimate of drug-likeness (QED) is 0.0699. The number of carbonyl (C=O) groups excluding carboxylic acids is 2. The number of rotatable bonds is 9. The number of ether oxygens (including phenoxy) is 2. The maximum atomic E-state index is 12.5. The molecule has 4 aromatic rings. The number of aryl methyl sites for hydroxylation is 2. The minimum absolute atomic E-state index is 0.0999. The Kier molecular flexibility index (Phi) is 12.9. The Morgan fingerprint density at radius 3 is 1.25 bits per heavy atom. The number of phenolic OH excluding ortho intramolecular Hbond substituents is 6. The van der Waals surface area contributed by atoms with Crippen molar-refractivity contribution in [1.82, 2.24) is 9.80 Å². The molecule has 322 valence electrons. The van der Waals surface area contributed by atoms with Crippen LogP contribution in [0.2, 0.25) is 0 Å². The smallest absolute Gasteiger partial charge is 0.409 e. The zero-order valence-electron chi connectivity index (χ0n) is 35.8. The van der Waals surface area contributed by atoms with Crippen LogP contribution >= 0.6 is 0 Å². The first-order valence-electron chi connectivity index (χ1n) is 20.9. The van der Waals surface area contributed by atoms with Crippen LogP contribution in [0.4, 0.5) is 9.59 Å². The second kappa shape index (κ2) is 17.7. The van der Waals surface area contributed by atoms with Gasteiger partial charge in [-0.1, -0.05) is 39.8 Å². The highest BCUT2D eigenvalue weighted by molar-refractivity contribution is 6.15. The first-order chi connectivity index (χ1) is 28.5. The molecule has 2 fully saturated rings. The Labute approximate surface area is 350 Å². The second-order valence-corrected chi connectivity index (χ2v) is 16.4. The van der Waals surface area contributed by atoms with Gasteiger partial charge >= 0.3 is 12.2 Å². The van der Waals surface area contributed by atoms with Crippen LogP contribution in [0.1, 0.15) is 112 Å². The van der Waals surface area contributed by atoms with Crippen LogP contribution in [0.5, 0.6) is 34.5 Å². The molecule has 0 aliphatic carbocycles. The highest BCUT2D eigenvalue weighted by Gasteiger charge is 2.31. The minimum atomic E-state index is -0.447. The normalized spacial score (nSPS) is 15.8. The van der Waals surface area contributed by atoms with Crippen LogP contribution in [-0.2, 0) is 9.47 Å². The van der Waals surface area contributed by atoms with Crippen molar-refractivity contribution >= 4 is 46.2 Å². The molecule has 0 atom stereocenters. The molecular weight excluding hydrogens is 769 g/mol. The van der Waals surface area contributed by atoms with Gasteiger partial charge in [-0.25, -0.2) is 9.59 Å². The van der Waals surface area contributed by atoms with Crippen molar-refractivity contribution in [3.8, 4) is 45.6 Å². The molecule has 2 amide bonds. The number of carbonyl (C=O) groups is 2. The number of fused-ring (bicyclic) bond motifs is 2. The first-order valence-corrected chi connectivity index (χ1v) is 20.9. The first kappa shape index (κ1) is 43.7. The lowest BCUT2D eigenvalue weighted by molar-refractivity contribution is 0.0967. The average molecular weight is 827 g/mol. The molecule has 14 heteroatoms. The van der Waals surface area contributed by atoms with E-state index in [1.165, 1.54) is 12.4 Å². The molecule has 4 aromatic carbocycles. The van der Waals surface area contributed by atoms with Gasteiger partial charge in [-0.3, -0.25) is 9.98 Å². The predicted octanol–water partition coefficient (Wildman–Crippen LogP) is 8.84. The lowest BCUT2D eigenvalue weighted by Crippen LogP contribution is -2.40. The standard InChI is InChI=1S/C46H58N4O10/c1-9-59-45(57)49-15-11-27(12-16-49)47-21-31-37-29(33(23(3)4)43(55)39(31)51)19-25(7)35(41(37)53)36-26(8)20-30-34(24(5)6)44(56)40(52)32(38(30)42(36)54)22-48-28-13-17-50(18-14-28)46(58)60-10-2/h19-24,27-28,51-56H,9-18H2,1-8H3. The third-order valence-electron chi connectivity index (χ3n) is 11.8. The number of aromatic hydroxyl groups is 6. The lowest BCUT2D eigenvalue weighted by atomic mass is 9.83. The zero-order valence-corrected chi connectivity index (χ0v) is 35.8. The fourth-order valence-electron chi connectivity index (χ4n) is 8.81. The summed E-state index contributed by atoms with van der Waals surface area (Å²) in [6, 6.07) is 3.21. The van der Waals surface area contributed by atoms with Crippen molar-refractivity contribution in [2.75, 3.05) is 39.4 Å². The Morgan fingerprint density at radius 2 is 0.950 bits per heavy atom. The van der Waals surface area contributed by atoms with Gasteiger partial charge in [-0.2, -0.15) is 0 Å². The molecule has 2 aliphatic heterocycles. The van der Waals surface area contributed by atoms with E-state index < -0.39 is 11.5 Å². The molecule has 2 aliphatic rings. The lowest BCUT2D eigenvalue weighted by Gasteiger charge is -2.29. The molecule has 0 bridgehead atoms. The van der Waals surface area contributed by atoms with E-state index in [2.05, 4.69) is 0 Å². The summed E-state index contributed by atoms with van der Waals surface area (Å²) in [6.07, 6.45) is 4.34. The Bertz CT molecular complexity index is 2210. The van der Waals surface area contributed by atoms with Crippen molar-refractivity contribution in [2.24, 2.45) is 9.98 Å². The van der Waals surface area contributed by atoms with Gasteiger partial charge in [-0.15, -0.1) is 0 Å². The molecule has 0 spiro atoms. The van der Waals surface area contributed by atoms with Crippen molar-refractivity contribution in [3.05, 3.63) is 45.5 Å². The highest BCUT2D eigenvalue weighted by Crippen LogP contribution is 2.54. The number of piperidine rings is 2. The van der Waals surface area contributed by atoms with E-state index >= 15 is 0 Å². The maximum absolute atomic E-state index is 12.5. The topological polar surface area (TPSA) is 205 Å². The number of benzene rings is 4. The number of amides is 2. The number of hydrogen-bond donors (Lipinski definition) is 6. The van der Waals surface area contributed by atoms with Gasteiger partial charge in [0, 0.05) is 82.8 Å². The molecule has 0 unspecified atom stereocenters. The van der Waals surface area contributed by atoms with E-state index in [9.17, 15) is 40.2 Å². The summed E-state index contributed by atoms with van der Waals surface area (Å²) in [7, 11) is 0. The summed E-state index contributed by atoms with van der Waals surface area (Å²) in [5.74, 6) is -2.57. The summed E-state index contributed by atoms with van der Waals surface area (Å²) in [5.41, 5.74) is 2.73. The van der Waals surface area contributed by atoms with Gasteiger partial charge in [0.15, 0.2) is 23.0 Å². The molecule has 0 radical (unpaired) electrons. The van der Waals surface area contributed by atoms with Crippen molar-refractivity contribution in [2.45, 2.75) is 105 Å². The molecule has 60 heavy (non-hydrogen) atoms. The van der Waals surface area contributed by atoms with Crippen LogP contribution in [0, 0.1) is 13.8 Å². The number of aliphatic imine (C=N–C) groups is 2. The van der Waals surface area contributed by atoms with E-state index in [0.717, 1.165) is 0 Å². The summed E-state index contributed by atoms with van der Waals surface area (Å²) in [6.45, 7) is 16.9. The van der Waals surface area contributed by atoms with Gasteiger partial charge in [-0.05, 0) is 87.1 Å². The number of likely N-dealkylation sites (tertiary alicyclic amines) is 2. The van der Waals surface area contributed by atoms with E-state index in [4.69, 9.17) is 19.5 Å². The van der Waals surface area contributed by atoms with E-state index in [1.54, 1.807) is 37.5 Å². The zero-order chi connectivity index (χ0) is 43.7. The second-order valence-electron chi connectivity index (χ2n) is 16.4. The van der Waals surface area contributed by atoms with Crippen molar-refractivity contribution in [1.29, 1.82) is 0 Å². The van der Waals surface area contributed by atoms with E-state index in [0.29, 0.717) is 84.9 Å². The summed E-state index contributed by atoms with van der Waals surface area (Å²) < 4.78 is 10.3. The summed E-state index contributed by atoms with van der Waals surface area (Å²) >= 11 is 0. The highest BCUT2D eigenvalue weighted by atomic mass is 16.6. The largest absolute Gasteiger partial charge is 0.507 e.